The fourth-order valence-corrected chi connectivity index (χ4v) is 2.62. The summed E-state index contributed by atoms with van der Waals surface area (Å²) in [5.74, 6) is -0.0987. The molecule has 0 aromatic carbocycles. The molecule has 6 heteroatoms. The first kappa shape index (κ1) is 17.9. The van der Waals surface area contributed by atoms with E-state index in [0.29, 0.717) is 19.5 Å². The maximum absolute atomic E-state index is 12.1. The number of carbonyl (C=O) groups excluding carboxylic acids is 2. The fourth-order valence-electron chi connectivity index (χ4n) is 2.62. The topological polar surface area (TPSA) is 70.7 Å². The number of hydrazine groups is 1. The highest BCUT2D eigenvalue weighted by Crippen LogP contribution is 2.22. The molecule has 122 valence electrons. The van der Waals surface area contributed by atoms with E-state index in [4.69, 9.17) is 4.74 Å². The molecule has 0 aliphatic carbocycles. The lowest BCUT2D eigenvalue weighted by Gasteiger charge is -2.43. The molecule has 0 unspecified atom stereocenters. The van der Waals surface area contributed by atoms with Gasteiger partial charge >= 0.3 is 0 Å². The highest BCUT2D eigenvalue weighted by molar-refractivity contribution is 5.85. The number of hydrogen-bond donors (Lipinski definition) is 2. The molecule has 0 radical (unpaired) electrons. The van der Waals surface area contributed by atoms with Gasteiger partial charge in [-0.1, -0.05) is 13.8 Å². The van der Waals surface area contributed by atoms with Gasteiger partial charge in [-0.25, -0.2) is 0 Å². The molecule has 21 heavy (non-hydrogen) atoms. The molecule has 1 rings (SSSR count). The van der Waals surface area contributed by atoms with Crippen molar-refractivity contribution in [2.75, 3.05) is 13.1 Å². The van der Waals surface area contributed by atoms with Crippen LogP contribution in [-0.4, -0.2) is 47.6 Å². The van der Waals surface area contributed by atoms with Crippen LogP contribution in [0.3, 0.4) is 0 Å². The minimum atomic E-state index is -0.310. The Morgan fingerprint density at radius 2 is 1.90 bits per heavy atom. The van der Waals surface area contributed by atoms with Crippen LogP contribution in [0.25, 0.3) is 0 Å². The maximum Gasteiger partial charge on any atom is 0.255 e. The molecule has 2 N–H and O–H groups in total. The van der Waals surface area contributed by atoms with Crippen molar-refractivity contribution in [3.05, 3.63) is 0 Å². The summed E-state index contributed by atoms with van der Waals surface area (Å²) in [5, 5.41) is 0. The van der Waals surface area contributed by atoms with Crippen LogP contribution in [0.2, 0.25) is 0 Å². The number of carbonyl (C=O) groups is 2. The Balaban J connectivity index is 2.48. The summed E-state index contributed by atoms with van der Waals surface area (Å²) in [7, 11) is 0. The molecule has 0 bridgehead atoms. The molecule has 0 aromatic rings. The summed E-state index contributed by atoms with van der Waals surface area (Å²) < 4.78 is 5.83. The lowest BCUT2D eigenvalue weighted by molar-refractivity contribution is -0.149. The van der Waals surface area contributed by atoms with Gasteiger partial charge in [-0.3, -0.25) is 25.3 Å². The van der Waals surface area contributed by atoms with Gasteiger partial charge in [0.25, 0.3) is 5.91 Å². The Morgan fingerprint density at radius 3 is 2.43 bits per heavy atom. The Kier molecular flexibility index (Phi) is 6.16. The van der Waals surface area contributed by atoms with E-state index in [9.17, 15) is 9.59 Å². The lowest BCUT2D eigenvalue weighted by atomic mass is 10.0. The van der Waals surface area contributed by atoms with Crippen LogP contribution >= 0.6 is 0 Å². The highest BCUT2D eigenvalue weighted by atomic mass is 16.5. The number of amides is 2. The van der Waals surface area contributed by atoms with Gasteiger partial charge in [0.1, 0.15) is 0 Å². The van der Waals surface area contributed by atoms with Gasteiger partial charge in [0.2, 0.25) is 5.91 Å². The predicted molar refractivity (Wildman–Crippen MR) is 81.4 cm³/mol. The molecule has 1 aliphatic rings. The van der Waals surface area contributed by atoms with E-state index >= 15 is 0 Å². The van der Waals surface area contributed by atoms with Crippen molar-refractivity contribution in [2.24, 2.45) is 5.92 Å². The van der Waals surface area contributed by atoms with E-state index in [1.165, 1.54) is 0 Å². The van der Waals surface area contributed by atoms with Gasteiger partial charge in [-0.15, -0.1) is 0 Å². The first-order valence-corrected chi connectivity index (χ1v) is 7.61. The van der Waals surface area contributed by atoms with Crippen molar-refractivity contribution < 1.29 is 14.3 Å². The molecule has 1 saturated heterocycles. The molecule has 2 amide bonds. The monoisotopic (exact) mass is 299 g/mol. The Labute approximate surface area is 127 Å². The predicted octanol–water partition coefficient (Wildman–Crippen LogP) is 1.07. The zero-order valence-electron chi connectivity index (χ0n) is 14.0. The fraction of sp³-hybridized carbons (Fsp3) is 0.867. The molecular formula is C15H29N3O3. The largest absolute Gasteiger partial charge is 0.370 e. The third-order valence-electron chi connectivity index (χ3n) is 3.44. The van der Waals surface area contributed by atoms with Crippen molar-refractivity contribution in [2.45, 2.75) is 65.7 Å². The van der Waals surface area contributed by atoms with Crippen molar-refractivity contribution >= 4 is 11.8 Å². The Hall–Kier alpha value is -1.14. The molecular weight excluding hydrogens is 270 g/mol. The minimum absolute atomic E-state index is 0.0829. The molecule has 0 spiro atoms. The quantitative estimate of drug-likeness (QED) is 0.762. The van der Waals surface area contributed by atoms with Crippen LogP contribution in [0.4, 0.5) is 0 Å². The summed E-state index contributed by atoms with van der Waals surface area (Å²) in [6.45, 7) is 13.2. The van der Waals surface area contributed by atoms with Crippen molar-refractivity contribution in [3.8, 4) is 0 Å². The van der Waals surface area contributed by atoms with Crippen LogP contribution in [0, 0.1) is 5.92 Å². The summed E-state index contributed by atoms with van der Waals surface area (Å²) in [4.78, 5) is 25.8. The smallest absolute Gasteiger partial charge is 0.255 e. The molecule has 6 nitrogen and oxygen atoms in total. The molecule has 1 aliphatic heterocycles. The van der Waals surface area contributed by atoms with Gasteiger partial charge in [0.15, 0.2) is 0 Å². The first-order chi connectivity index (χ1) is 9.60. The van der Waals surface area contributed by atoms with Crippen molar-refractivity contribution in [3.63, 3.8) is 0 Å². The van der Waals surface area contributed by atoms with E-state index in [-0.39, 0.29) is 35.5 Å². The summed E-state index contributed by atoms with van der Waals surface area (Å²) in [5.41, 5.74) is 4.70. The average molecular weight is 299 g/mol. The van der Waals surface area contributed by atoms with Crippen LogP contribution in [-0.2, 0) is 14.3 Å². The molecule has 0 saturated carbocycles. The maximum atomic E-state index is 12.1. The number of morpholine rings is 1. The Morgan fingerprint density at radius 1 is 1.29 bits per heavy atom. The summed E-state index contributed by atoms with van der Waals surface area (Å²) in [6.07, 6.45) is 0.482. The number of nitrogens with one attached hydrogen (secondary N) is 2. The first-order valence-electron chi connectivity index (χ1n) is 7.61. The standard InChI is InChI=1S/C15H29N3O3/c1-10(2)7-13(19)16-17-14(20)12(4)18-8-11(3)21-15(5,6)9-18/h10-12H,7-9H2,1-6H3,(H,16,19)(H,17,20)/t11-,12-/m1/s1. The minimum Gasteiger partial charge on any atom is -0.370 e. The number of nitrogens with zero attached hydrogens (tertiary/aromatic N) is 1. The molecule has 1 fully saturated rings. The average Bonchev–Trinajstić information content (AvgIpc) is 2.31. The second-order valence-electron chi connectivity index (χ2n) is 6.93. The second-order valence-corrected chi connectivity index (χ2v) is 6.93. The Bertz CT molecular complexity index is 382. The van der Waals surface area contributed by atoms with E-state index < -0.39 is 0 Å². The zero-order chi connectivity index (χ0) is 16.2. The number of ether oxygens (including phenoxy) is 1. The highest BCUT2D eigenvalue weighted by Gasteiger charge is 2.35. The van der Waals surface area contributed by atoms with Gasteiger partial charge < -0.3 is 4.74 Å². The zero-order valence-corrected chi connectivity index (χ0v) is 14.0. The second kappa shape index (κ2) is 7.22. The van der Waals surface area contributed by atoms with Crippen LogP contribution in [0.15, 0.2) is 0 Å². The number of rotatable bonds is 4. The third kappa shape index (κ3) is 6.01. The van der Waals surface area contributed by atoms with E-state index in [0.717, 1.165) is 0 Å². The van der Waals surface area contributed by atoms with Crippen LogP contribution in [0.5, 0.6) is 0 Å². The van der Waals surface area contributed by atoms with E-state index in [1.807, 2.05) is 41.5 Å². The third-order valence-corrected chi connectivity index (χ3v) is 3.44. The van der Waals surface area contributed by atoms with E-state index in [1.54, 1.807) is 0 Å². The van der Waals surface area contributed by atoms with E-state index in [2.05, 4.69) is 15.8 Å². The van der Waals surface area contributed by atoms with Gasteiger partial charge in [-0.05, 0) is 33.6 Å². The van der Waals surface area contributed by atoms with Gasteiger partial charge in [-0.2, -0.15) is 0 Å². The molecule has 1 heterocycles. The van der Waals surface area contributed by atoms with Crippen molar-refractivity contribution in [1.82, 2.24) is 15.8 Å². The molecule has 2 atom stereocenters. The normalized spacial score (nSPS) is 23.7. The SMILES string of the molecule is CC(C)CC(=O)NNC(=O)[C@@H](C)N1C[C@@H](C)OC(C)(C)C1. The van der Waals surface area contributed by atoms with Gasteiger partial charge in [0, 0.05) is 19.5 Å². The summed E-state index contributed by atoms with van der Waals surface area (Å²) in [6, 6.07) is -0.310. The summed E-state index contributed by atoms with van der Waals surface area (Å²) >= 11 is 0. The van der Waals surface area contributed by atoms with Gasteiger partial charge in [0.05, 0.1) is 17.7 Å². The molecule has 0 aromatic heterocycles. The van der Waals surface area contributed by atoms with Crippen molar-refractivity contribution in [1.29, 1.82) is 0 Å². The lowest BCUT2D eigenvalue weighted by Crippen LogP contribution is -2.59. The van der Waals surface area contributed by atoms with Crippen LogP contribution in [0.1, 0.15) is 48.0 Å². The van der Waals surface area contributed by atoms with Crippen LogP contribution < -0.4 is 10.9 Å². The number of hydrogen-bond acceptors (Lipinski definition) is 4.